The number of aryl methyl sites for hydroxylation is 1. The van der Waals surface area contributed by atoms with E-state index in [1.807, 2.05) is 37.3 Å². The molecule has 196 valence electrons. The molecule has 0 unspecified atom stereocenters. The van der Waals surface area contributed by atoms with E-state index in [0.29, 0.717) is 41.2 Å². The zero-order chi connectivity index (χ0) is 26.9. The summed E-state index contributed by atoms with van der Waals surface area (Å²) in [4.78, 5) is 26.6. The van der Waals surface area contributed by atoms with Crippen LogP contribution in [-0.2, 0) is 10.0 Å². The van der Waals surface area contributed by atoms with Crippen molar-refractivity contribution in [1.82, 2.24) is 4.31 Å². The number of hydrogen-bond donors (Lipinski definition) is 1. The third kappa shape index (κ3) is 5.14. The lowest BCUT2D eigenvalue weighted by molar-refractivity contribution is 0.0997. The van der Waals surface area contributed by atoms with Crippen LogP contribution in [0.2, 0.25) is 0 Å². The molecular weight excluding hydrogens is 500 g/mol. The molecule has 8 heteroatoms. The molecule has 4 aromatic rings. The molecule has 0 radical (unpaired) electrons. The van der Waals surface area contributed by atoms with Crippen molar-refractivity contribution in [3.05, 3.63) is 95.2 Å². The van der Waals surface area contributed by atoms with Crippen molar-refractivity contribution in [2.75, 3.05) is 25.0 Å². The predicted octanol–water partition coefficient (Wildman–Crippen LogP) is 5.69. The van der Waals surface area contributed by atoms with Gasteiger partial charge in [0.25, 0.3) is 0 Å². The van der Waals surface area contributed by atoms with Gasteiger partial charge in [-0.15, -0.1) is 0 Å². The summed E-state index contributed by atoms with van der Waals surface area (Å²) in [5.41, 5.74) is 2.76. The second kappa shape index (κ2) is 10.6. The molecule has 1 aliphatic heterocycles. The molecule has 3 aromatic carbocycles. The first-order chi connectivity index (χ1) is 18.2. The average molecular weight is 531 g/mol. The molecule has 1 aromatic heterocycles. The maximum atomic E-state index is 13.3. The molecular formula is C30H30N2O5S. The monoisotopic (exact) mass is 530 g/mol. The van der Waals surface area contributed by atoms with Crippen molar-refractivity contribution >= 4 is 38.2 Å². The number of nitrogens with zero attached hydrogens (tertiary/aromatic N) is 1. The van der Waals surface area contributed by atoms with Gasteiger partial charge in [0.1, 0.15) is 5.58 Å². The molecule has 1 N–H and O–H groups in total. The highest BCUT2D eigenvalue weighted by Crippen LogP contribution is 2.33. The van der Waals surface area contributed by atoms with Crippen molar-refractivity contribution in [3.8, 4) is 0 Å². The summed E-state index contributed by atoms with van der Waals surface area (Å²) in [6.45, 7) is 4.89. The standard InChI is InChI=1S/C30H30N2O5S/c1-20-10-12-22(13-11-20)29(34)30-28(25-8-3-4-9-27(25)37-30)31-19-26(33)23-6-5-7-24(18-23)38(35,36)32-16-14-21(2)15-17-32/h3-13,18,21,31H,14-17,19H2,1-2H3. The highest BCUT2D eigenvalue weighted by molar-refractivity contribution is 7.89. The first-order valence-electron chi connectivity index (χ1n) is 12.7. The second-order valence-corrected chi connectivity index (χ2v) is 11.8. The summed E-state index contributed by atoms with van der Waals surface area (Å²) in [6, 6.07) is 20.6. The van der Waals surface area contributed by atoms with Crippen molar-refractivity contribution in [2.24, 2.45) is 5.92 Å². The maximum Gasteiger partial charge on any atom is 0.243 e. The van der Waals surface area contributed by atoms with Crippen LogP contribution in [0.1, 0.15) is 51.8 Å². The number of ketones is 2. The first-order valence-corrected chi connectivity index (χ1v) is 14.2. The van der Waals surface area contributed by atoms with Crippen molar-refractivity contribution in [3.63, 3.8) is 0 Å². The van der Waals surface area contributed by atoms with Crippen molar-refractivity contribution < 1.29 is 22.4 Å². The van der Waals surface area contributed by atoms with E-state index >= 15 is 0 Å². The Labute approximate surface area is 222 Å². The lowest BCUT2D eigenvalue weighted by atomic mass is 10.0. The van der Waals surface area contributed by atoms with E-state index in [1.54, 1.807) is 30.3 Å². The van der Waals surface area contributed by atoms with Crippen LogP contribution in [0, 0.1) is 12.8 Å². The number of para-hydroxylation sites is 1. The van der Waals surface area contributed by atoms with Crippen LogP contribution in [0.5, 0.6) is 0 Å². The average Bonchev–Trinajstić information content (AvgIpc) is 3.30. The number of piperidine rings is 1. The minimum Gasteiger partial charge on any atom is -0.450 e. The number of rotatable bonds is 8. The third-order valence-electron chi connectivity index (χ3n) is 7.08. The molecule has 0 bridgehead atoms. The summed E-state index contributed by atoms with van der Waals surface area (Å²) in [6.07, 6.45) is 1.65. The van der Waals surface area contributed by atoms with E-state index in [1.165, 1.54) is 16.4 Å². The molecule has 0 amide bonds. The summed E-state index contributed by atoms with van der Waals surface area (Å²) >= 11 is 0. The molecule has 1 saturated heterocycles. The number of carbonyl (C=O) groups excluding carboxylic acids is 2. The maximum absolute atomic E-state index is 13.3. The Kier molecular flexibility index (Phi) is 7.19. The predicted molar refractivity (Wildman–Crippen MR) is 147 cm³/mol. The fourth-order valence-corrected chi connectivity index (χ4v) is 6.21. The second-order valence-electron chi connectivity index (χ2n) is 9.89. The number of sulfonamides is 1. The van der Waals surface area contributed by atoms with Crippen molar-refractivity contribution in [1.29, 1.82) is 0 Å². The van der Waals surface area contributed by atoms with Gasteiger partial charge in [-0.3, -0.25) is 9.59 Å². The molecule has 0 saturated carbocycles. The van der Waals surface area contributed by atoms with Crippen molar-refractivity contribution in [2.45, 2.75) is 31.6 Å². The number of furan rings is 1. The highest BCUT2D eigenvalue weighted by Gasteiger charge is 2.29. The quantitative estimate of drug-likeness (QED) is 0.294. The van der Waals surface area contributed by atoms with E-state index in [0.717, 1.165) is 18.4 Å². The van der Waals surface area contributed by atoms with E-state index < -0.39 is 10.0 Å². The van der Waals surface area contributed by atoms with E-state index in [9.17, 15) is 18.0 Å². The van der Waals surface area contributed by atoms with Crippen LogP contribution in [0.25, 0.3) is 11.0 Å². The van der Waals surface area contributed by atoms with Crippen LogP contribution in [0.4, 0.5) is 5.69 Å². The van der Waals surface area contributed by atoms with Gasteiger partial charge in [0, 0.05) is 29.6 Å². The molecule has 1 aliphatic rings. The molecule has 38 heavy (non-hydrogen) atoms. The molecule has 5 rings (SSSR count). The van der Waals surface area contributed by atoms with Gasteiger partial charge in [-0.1, -0.05) is 61.0 Å². The van der Waals surface area contributed by atoms with Gasteiger partial charge in [0.15, 0.2) is 11.5 Å². The Morgan fingerprint density at radius 3 is 2.39 bits per heavy atom. The third-order valence-corrected chi connectivity index (χ3v) is 8.97. The van der Waals surface area contributed by atoms with E-state index in [4.69, 9.17) is 4.42 Å². The largest absolute Gasteiger partial charge is 0.450 e. The van der Waals surface area contributed by atoms with Gasteiger partial charge in [-0.05, 0) is 49.9 Å². The zero-order valence-electron chi connectivity index (χ0n) is 21.4. The van der Waals surface area contributed by atoms with Crippen LogP contribution in [0.15, 0.2) is 82.1 Å². The van der Waals surface area contributed by atoms with Gasteiger partial charge in [0.2, 0.25) is 15.8 Å². The SMILES string of the molecule is Cc1ccc(C(=O)c2oc3ccccc3c2NCC(=O)c2cccc(S(=O)(=O)N3CCC(C)CC3)c2)cc1. The minimum absolute atomic E-state index is 0.113. The Hall–Kier alpha value is -3.75. The Bertz CT molecular complexity index is 1600. The molecule has 0 spiro atoms. The zero-order valence-corrected chi connectivity index (χ0v) is 22.3. The lowest BCUT2D eigenvalue weighted by Gasteiger charge is -2.29. The molecule has 1 fully saturated rings. The number of benzene rings is 3. The topological polar surface area (TPSA) is 96.7 Å². The van der Waals surface area contributed by atoms with Gasteiger partial charge in [0.05, 0.1) is 17.1 Å². The molecule has 0 aliphatic carbocycles. The number of nitrogens with one attached hydrogen (secondary N) is 1. The Morgan fingerprint density at radius 1 is 0.947 bits per heavy atom. The Morgan fingerprint density at radius 2 is 1.66 bits per heavy atom. The lowest BCUT2D eigenvalue weighted by Crippen LogP contribution is -2.37. The normalized spacial score (nSPS) is 15.0. The van der Waals surface area contributed by atoms with Gasteiger partial charge < -0.3 is 9.73 Å². The van der Waals surface area contributed by atoms with E-state index in [-0.39, 0.29) is 34.3 Å². The Balaban J connectivity index is 1.38. The van der Waals surface area contributed by atoms with Crippen LogP contribution in [0.3, 0.4) is 0 Å². The number of Topliss-reactive ketones (excluding diaryl/α,β-unsaturated/α-hetero) is 1. The first kappa shape index (κ1) is 25.9. The summed E-state index contributed by atoms with van der Waals surface area (Å²) in [5, 5.41) is 3.79. The number of carbonyl (C=O) groups is 2. The fraction of sp³-hybridized carbons (Fsp3) is 0.267. The number of hydrogen-bond acceptors (Lipinski definition) is 6. The smallest absolute Gasteiger partial charge is 0.243 e. The van der Waals surface area contributed by atoms with Gasteiger partial charge >= 0.3 is 0 Å². The van der Waals surface area contributed by atoms with E-state index in [2.05, 4.69) is 12.2 Å². The summed E-state index contributed by atoms with van der Waals surface area (Å²) in [7, 11) is -3.68. The summed E-state index contributed by atoms with van der Waals surface area (Å²) in [5.74, 6) is 0.0362. The highest BCUT2D eigenvalue weighted by atomic mass is 32.2. The minimum atomic E-state index is -3.68. The van der Waals surface area contributed by atoms with Crippen LogP contribution in [-0.4, -0.2) is 43.9 Å². The number of anilines is 1. The van der Waals surface area contributed by atoms with Crippen LogP contribution < -0.4 is 5.32 Å². The number of fused-ring (bicyclic) bond motifs is 1. The molecule has 7 nitrogen and oxygen atoms in total. The summed E-state index contributed by atoms with van der Waals surface area (Å²) < 4.78 is 33.8. The van der Waals surface area contributed by atoms with Gasteiger partial charge in [-0.2, -0.15) is 4.31 Å². The molecule has 0 atom stereocenters. The van der Waals surface area contributed by atoms with Crippen LogP contribution >= 0.6 is 0 Å². The van der Waals surface area contributed by atoms with Gasteiger partial charge in [-0.25, -0.2) is 8.42 Å². The molecule has 2 heterocycles. The fourth-order valence-electron chi connectivity index (χ4n) is 4.69.